The lowest BCUT2D eigenvalue weighted by Gasteiger charge is -2.13. The zero-order valence-electron chi connectivity index (χ0n) is 17.2. The Morgan fingerprint density at radius 3 is 2.73 bits per heavy atom. The minimum Gasteiger partial charge on any atom is -0.366 e. The van der Waals surface area contributed by atoms with Gasteiger partial charge in [-0.1, -0.05) is 37.2 Å². The van der Waals surface area contributed by atoms with Crippen molar-refractivity contribution in [3.63, 3.8) is 0 Å². The van der Waals surface area contributed by atoms with Gasteiger partial charge in [0.2, 0.25) is 5.91 Å². The van der Waals surface area contributed by atoms with Crippen molar-refractivity contribution in [1.82, 2.24) is 14.8 Å². The van der Waals surface area contributed by atoms with E-state index in [1.165, 1.54) is 16.6 Å². The number of thiophene rings is 1. The molecule has 0 aliphatic carbocycles. The molecular weight excluding hydrogens is 418 g/mol. The molecule has 0 aliphatic heterocycles. The normalized spacial score (nSPS) is 11.1. The third-order valence-corrected chi connectivity index (χ3v) is 6.33. The largest absolute Gasteiger partial charge is 0.366 e. The van der Waals surface area contributed by atoms with Gasteiger partial charge in [0.25, 0.3) is 5.91 Å². The third-order valence-electron chi connectivity index (χ3n) is 4.39. The summed E-state index contributed by atoms with van der Waals surface area (Å²) in [6.45, 7) is 6.30. The summed E-state index contributed by atoms with van der Waals surface area (Å²) in [7, 11) is 0. The van der Waals surface area contributed by atoms with Gasteiger partial charge in [-0.05, 0) is 38.5 Å². The average molecular weight is 444 g/mol. The molecule has 0 aliphatic rings. The second kappa shape index (κ2) is 9.90. The Labute approximate surface area is 184 Å². The molecule has 7 nitrogen and oxygen atoms in total. The summed E-state index contributed by atoms with van der Waals surface area (Å²) in [6, 6.07) is 8.99. The fourth-order valence-corrected chi connectivity index (χ4v) is 4.87. The highest BCUT2D eigenvalue weighted by molar-refractivity contribution is 7.99. The number of thioether (sulfide) groups is 1. The second-order valence-electron chi connectivity index (χ2n) is 7.07. The van der Waals surface area contributed by atoms with Crippen molar-refractivity contribution < 1.29 is 9.59 Å². The van der Waals surface area contributed by atoms with Gasteiger partial charge in [0.05, 0.1) is 17.0 Å². The number of nitrogens with one attached hydrogen (secondary N) is 1. The molecule has 0 saturated heterocycles. The van der Waals surface area contributed by atoms with Gasteiger partial charge in [-0.3, -0.25) is 14.2 Å². The number of benzene rings is 1. The maximum Gasteiger partial charge on any atom is 0.250 e. The molecule has 2 aromatic heterocycles. The first-order valence-corrected chi connectivity index (χ1v) is 11.6. The van der Waals surface area contributed by atoms with Crippen molar-refractivity contribution in [2.24, 2.45) is 5.73 Å². The SMILES string of the molecule is CCCc1cc(-c2nnc(SCC(=O)Nc3ccccc3C(N)=O)n2C(C)C)cs1. The van der Waals surface area contributed by atoms with Crippen LogP contribution in [0, 0.1) is 0 Å². The van der Waals surface area contributed by atoms with Gasteiger partial charge in [0, 0.05) is 21.9 Å². The van der Waals surface area contributed by atoms with Crippen LogP contribution in [0.15, 0.2) is 40.9 Å². The predicted octanol–water partition coefficient (Wildman–Crippen LogP) is 4.37. The first-order chi connectivity index (χ1) is 14.4. The Balaban J connectivity index is 1.73. The number of hydrogen-bond donors (Lipinski definition) is 2. The molecule has 0 radical (unpaired) electrons. The lowest BCUT2D eigenvalue weighted by Crippen LogP contribution is -2.19. The van der Waals surface area contributed by atoms with Crippen LogP contribution in [0.25, 0.3) is 11.4 Å². The van der Waals surface area contributed by atoms with Gasteiger partial charge in [0.15, 0.2) is 11.0 Å². The standard InChI is InChI=1S/C21H25N5O2S2/c1-4-7-15-10-14(11-29-15)20-24-25-21(26(20)13(2)3)30-12-18(27)23-17-9-6-5-8-16(17)19(22)28/h5-6,8-11,13H,4,7,12H2,1-3H3,(H2,22,28)(H,23,27). The van der Waals surface area contributed by atoms with Crippen molar-refractivity contribution in [3.8, 4) is 11.4 Å². The molecule has 3 aromatic rings. The fourth-order valence-electron chi connectivity index (χ4n) is 3.04. The summed E-state index contributed by atoms with van der Waals surface area (Å²) in [6.07, 6.45) is 2.15. The van der Waals surface area contributed by atoms with E-state index in [9.17, 15) is 9.59 Å². The van der Waals surface area contributed by atoms with Gasteiger partial charge in [-0.15, -0.1) is 21.5 Å². The average Bonchev–Trinajstić information content (AvgIpc) is 3.33. The smallest absolute Gasteiger partial charge is 0.250 e. The minimum atomic E-state index is -0.582. The van der Waals surface area contributed by atoms with E-state index >= 15 is 0 Å². The number of aryl methyl sites for hydroxylation is 1. The summed E-state index contributed by atoms with van der Waals surface area (Å²) < 4.78 is 2.05. The zero-order chi connectivity index (χ0) is 21.7. The van der Waals surface area contributed by atoms with Crippen LogP contribution in [-0.4, -0.2) is 32.3 Å². The van der Waals surface area contributed by atoms with E-state index in [0.29, 0.717) is 10.8 Å². The zero-order valence-corrected chi connectivity index (χ0v) is 18.8. The molecule has 0 unspecified atom stereocenters. The molecule has 0 atom stereocenters. The number of anilines is 1. The van der Waals surface area contributed by atoms with Crippen LogP contribution in [0.3, 0.4) is 0 Å². The van der Waals surface area contributed by atoms with Crippen molar-refractivity contribution in [1.29, 1.82) is 0 Å². The molecule has 9 heteroatoms. The number of primary amides is 1. The van der Waals surface area contributed by atoms with E-state index in [1.807, 2.05) is 4.57 Å². The first-order valence-electron chi connectivity index (χ1n) is 9.74. The monoisotopic (exact) mass is 443 g/mol. The molecule has 1 aromatic carbocycles. The Morgan fingerprint density at radius 2 is 2.03 bits per heavy atom. The highest BCUT2D eigenvalue weighted by Crippen LogP contribution is 2.31. The summed E-state index contributed by atoms with van der Waals surface area (Å²) in [5.41, 5.74) is 7.11. The number of carbonyl (C=O) groups excluding carboxylic acids is 2. The third kappa shape index (κ3) is 5.09. The number of amides is 2. The number of aromatic nitrogens is 3. The van der Waals surface area contributed by atoms with Crippen LogP contribution in [0.1, 0.15) is 48.5 Å². The molecule has 0 fully saturated rings. The number of para-hydroxylation sites is 1. The topological polar surface area (TPSA) is 103 Å². The van der Waals surface area contributed by atoms with Crippen LogP contribution < -0.4 is 11.1 Å². The van der Waals surface area contributed by atoms with Gasteiger partial charge in [-0.25, -0.2) is 0 Å². The van der Waals surface area contributed by atoms with Crippen molar-refractivity contribution >= 4 is 40.6 Å². The fraction of sp³-hybridized carbons (Fsp3) is 0.333. The number of carbonyl (C=O) groups is 2. The molecule has 2 heterocycles. The van der Waals surface area contributed by atoms with E-state index in [4.69, 9.17) is 5.73 Å². The molecule has 30 heavy (non-hydrogen) atoms. The highest BCUT2D eigenvalue weighted by atomic mass is 32.2. The van der Waals surface area contributed by atoms with Crippen molar-refractivity contribution in [2.45, 2.75) is 44.8 Å². The molecule has 0 spiro atoms. The van der Waals surface area contributed by atoms with Crippen LogP contribution in [-0.2, 0) is 11.2 Å². The maximum absolute atomic E-state index is 12.5. The van der Waals surface area contributed by atoms with E-state index in [1.54, 1.807) is 35.6 Å². The molecule has 3 rings (SSSR count). The summed E-state index contributed by atoms with van der Waals surface area (Å²) >= 11 is 3.05. The Bertz CT molecular complexity index is 1040. The van der Waals surface area contributed by atoms with Crippen LogP contribution in [0.5, 0.6) is 0 Å². The van der Waals surface area contributed by atoms with Crippen molar-refractivity contribution in [3.05, 3.63) is 46.2 Å². The summed E-state index contributed by atoms with van der Waals surface area (Å²) in [5, 5.41) is 14.2. The lowest BCUT2D eigenvalue weighted by atomic mass is 10.1. The first kappa shape index (κ1) is 22.0. The van der Waals surface area contributed by atoms with Crippen molar-refractivity contribution in [2.75, 3.05) is 11.1 Å². The Kier molecular flexibility index (Phi) is 7.28. The summed E-state index contributed by atoms with van der Waals surface area (Å²) in [5.74, 6) is 0.128. The quantitative estimate of drug-likeness (QED) is 0.478. The van der Waals surface area contributed by atoms with E-state index in [0.717, 1.165) is 24.2 Å². The highest BCUT2D eigenvalue weighted by Gasteiger charge is 2.19. The van der Waals surface area contributed by atoms with Gasteiger partial charge < -0.3 is 11.1 Å². The molecular formula is C21H25N5O2S2. The van der Waals surface area contributed by atoms with Gasteiger partial charge in [0.1, 0.15) is 0 Å². The van der Waals surface area contributed by atoms with E-state index < -0.39 is 5.91 Å². The number of hydrogen-bond acceptors (Lipinski definition) is 6. The number of nitrogens with zero attached hydrogens (tertiary/aromatic N) is 3. The van der Waals surface area contributed by atoms with Crippen LogP contribution in [0.4, 0.5) is 5.69 Å². The molecule has 0 bridgehead atoms. The van der Waals surface area contributed by atoms with E-state index in [2.05, 4.69) is 47.7 Å². The Morgan fingerprint density at radius 1 is 1.27 bits per heavy atom. The molecule has 3 N–H and O–H groups in total. The minimum absolute atomic E-state index is 0.142. The lowest BCUT2D eigenvalue weighted by molar-refractivity contribution is -0.113. The van der Waals surface area contributed by atoms with Crippen LogP contribution in [0.2, 0.25) is 0 Å². The molecule has 2 amide bonds. The summed E-state index contributed by atoms with van der Waals surface area (Å²) in [4.78, 5) is 25.3. The molecule has 0 saturated carbocycles. The Hall–Kier alpha value is -2.65. The number of rotatable bonds is 9. The van der Waals surface area contributed by atoms with Gasteiger partial charge >= 0.3 is 0 Å². The van der Waals surface area contributed by atoms with Crippen LogP contribution >= 0.6 is 23.1 Å². The number of nitrogens with two attached hydrogens (primary N) is 1. The molecule has 158 valence electrons. The van der Waals surface area contributed by atoms with Gasteiger partial charge in [-0.2, -0.15) is 0 Å². The predicted molar refractivity (Wildman–Crippen MR) is 122 cm³/mol. The second-order valence-corrected chi connectivity index (χ2v) is 9.01. The van der Waals surface area contributed by atoms with E-state index in [-0.39, 0.29) is 23.3 Å². The maximum atomic E-state index is 12.5.